The van der Waals surface area contributed by atoms with Gasteiger partial charge >= 0.3 is 7.82 Å². The molecule has 0 aliphatic carbocycles. The molecule has 0 aromatic carbocycles. The molecule has 85 heavy (non-hydrogen) atoms. The first-order valence-corrected chi connectivity index (χ1v) is 37.9. The quantitative estimate of drug-likeness (QED) is 0.0243. The summed E-state index contributed by atoms with van der Waals surface area (Å²) in [6.45, 7) is 4.81. The van der Waals surface area contributed by atoms with E-state index in [0.29, 0.717) is 23.9 Å². The molecule has 0 saturated heterocycles. The molecule has 8 nitrogen and oxygen atoms in total. The normalized spacial score (nSPS) is 14.1. The van der Waals surface area contributed by atoms with Gasteiger partial charge in [0.05, 0.1) is 39.9 Å². The molecule has 3 unspecified atom stereocenters. The van der Waals surface area contributed by atoms with Crippen molar-refractivity contribution in [2.24, 2.45) is 0 Å². The van der Waals surface area contributed by atoms with Crippen LogP contribution in [0.2, 0.25) is 0 Å². The summed E-state index contributed by atoms with van der Waals surface area (Å²) in [5.74, 6) is -0.146. The minimum Gasteiger partial charge on any atom is -0.391 e. The number of hydrogen-bond acceptors (Lipinski definition) is 5. The van der Waals surface area contributed by atoms with Gasteiger partial charge in [0, 0.05) is 6.42 Å². The first-order chi connectivity index (χ1) is 41.5. The Hall–Kier alpha value is -2.32. The van der Waals surface area contributed by atoms with E-state index >= 15 is 0 Å². The van der Waals surface area contributed by atoms with Crippen LogP contribution in [0.15, 0.2) is 85.1 Å². The fourth-order valence-corrected chi connectivity index (χ4v) is 11.5. The van der Waals surface area contributed by atoms with E-state index in [1.165, 1.54) is 231 Å². The number of phosphoric acid groups is 1. The Bertz CT molecular complexity index is 1660. The molecular weight excluding hydrogens is 1070 g/mol. The lowest BCUT2D eigenvalue weighted by Gasteiger charge is -2.26. The fraction of sp³-hybridized carbons (Fsp3) is 0.803. The first kappa shape index (κ1) is 82.7. The van der Waals surface area contributed by atoms with Crippen LogP contribution in [0.3, 0.4) is 0 Å². The zero-order valence-corrected chi connectivity index (χ0v) is 57.7. The summed E-state index contributed by atoms with van der Waals surface area (Å²) in [4.78, 5) is 23.5. The highest BCUT2D eigenvalue weighted by atomic mass is 31.2. The third kappa shape index (κ3) is 69.0. The van der Waals surface area contributed by atoms with Gasteiger partial charge in [-0.05, 0) is 70.6 Å². The number of carbonyl (C=O) groups excluding carboxylic acids is 1. The van der Waals surface area contributed by atoms with Gasteiger partial charge in [-0.1, -0.05) is 349 Å². The van der Waals surface area contributed by atoms with Gasteiger partial charge in [-0.2, -0.15) is 0 Å². The molecule has 1 amide bonds. The molecule has 0 fully saturated rings. The lowest BCUT2D eigenvalue weighted by Crippen LogP contribution is -2.46. The van der Waals surface area contributed by atoms with E-state index in [2.05, 4.69) is 104 Å². The highest BCUT2D eigenvalue weighted by Gasteiger charge is 2.28. The van der Waals surface area contributed by atoms with Crippen molar-refractivity contribution in [3.8, 4) is 0 Å². The summed E-state index contributed by atoms with van der Waals surface area (Å²) >= 11 is 0. The van der Waals surface area contributed by atoms with E-state index in [0.717, 1.165) is 83.5 Å². The molecule has 3 atom stereocenters. The van der Waals surface area contributed by atoms with Crippen molar-refractivity contribution < 1.29 is 32.9 Å². The minimum atomic E-state index is -4.34. The fourth-order valence-electron chi connectivity index (χ4n) is 10.8. The van der Waals surface area contributed by atoms with E-state index in [4.69, 9.17) is 9.05 Å². The van der Waals surface area contributed by atoms with Crippen molar-refractivity contribution in [1.29, 1.82) is 0 Å². The smallest absolute Gasteiger partial charge is 0.391 e. The summed E-state index contributed by atoms with van der Waals surface area (Å²) in [5.41, 5.74) is 0. The monoisotopic (exact) mass is 1210 g/mol. The zero-order chi connectivity index (χ0) is 61.9. The van der Waals surface area contributed by atoms with Crippen molar-refractivity contribution in [2.45, 2.75) is 353 Å². The number of hydrogen-bond donors (Lipinski definition) is 3. The van der Waals surface area contributed by atoms with Gasteiger partial charge in [0.15, 0.2) is 0 Å². The van der Waals surface area contributed by atoms with Gasteiger partial charge in [0.25, 0.3) is 0 Å². The summed E-state index contributed by atoms with van der Waals surface area (Å²) in [6, 6.07) is -0.769. The maximum atomic E-state index is 13.1. The van der Waals surface area contributed by atoms with Crippen LogP contribution in [-0.2, 0) is 18.4 Å². The van der Waals surface area contributed by atoms with Crippen molar-refractivity contribution in [2.75, 3.05) is 40.9 Å². The zero-order valence-electron chi connectivity index (χ0n) is 56.8. The van der Waals surface area contributed by atoms with Gasteiger partial charge in [-0.3, -0.25) is 13.8 Å². The van der Waals surface area contributed by atoms with Crippen molar-refractivity contribution in [1.82, 2.24) is 5.32 Å². The highest BCUT2D eigenvalue weighted by Crippen LogP contribution is 2.43. The van der Waals surface area contributed by atoms with Crippen LogP contribution in [0.25, 0.3) is 0 Å². The van der Waals surface area contributed by atoms with Crippen LogP contribution in [0.1, 0.15) is 341 Å². The van der Waals surface area contributed by atoms with Gasteiger partial charge in [0.1, 0.15) is 13.2 Å². The number of nitrogens with one attached hydrogen (secondary N) is 1. The Balaban J connectivity index is 4.05. The maximum absolute atomic E-state index is 13.1. The van der Waals surface area contributed by atoms with E-state index in [-0.39, 0.29) is 19.1 Å². The molecule has 0 aromatic rings. The Morgan fingerprint density at radius 3 is 1.04 bits per heavy atom. The van der Waals surface area contributed by atoms with Gasteiger partial charge in [0.2, 0.25) is 5.91 Å². The molecule has 0 heterocycles. The maximum Gasteiger partial charge on any atom is 0.472 e. The second-order valence-electron chi connectivity index (χ2n) is 25.9. The number of likely N-dealkylation sites (N-methyl/N-ethyl adjacent to an activating group) is 1. The molecule has 0 saturated carbocycles. The van der Waals surface area contributed by atoms with Gasteiger partial charge in [-0.15, -0.1) is 0 Å². The predicted molar refractivity (Wildman–Crippen MR) is 373 cm³/mol. The summed E-state index contributed by atoms with van der Waals surface area (Å²) < 4.78 is 23.9. The molecule has 0 spiro atoms. The molecule has 0 aliphatic heterocycles. The standard InChI is InChI=1S/C76H141N2O6P/c1-6-8-10-12-14-16-18-20-22-24-26-28-30-32-34-36-38-39-40-42-44-46-48-50-52-54-56-58-60-62-64-66-68-70-76(80)77-74(73-84-85(81,82)83-72-71-78(3,4)5)75(79)69-67-65-63-61-59-57-55-53-51-49-47-45-43-41-37-35-33-31-29-27-25-23-21-19-17-15-13-11-9-7-2/h8,10,14,16,20,22,26,28,32,34,38-39,42,44,74-75,79H,6-7,9,11-13,15,17-19,21,23-25,27,29-31,33,35-37,40-41,43,45-73H2,1-5H3,(H-,77,80,81,82)/p+1/b10-8-,16-14-,22-20-,28-26-,34-32-,39-38-,44-42-. The minimum absolute atomic E-state index is 0.0717. The number of carbonyl (C=O) groups is 1. The van der Waals surface area contributed by atoms with Crippen LogP contribution in [0.5, 0.6) is 0 Å². The number of aliphatic hydroxyl groups excluding tert-OH is 1. The number of rotatable bonds is 67. The van der Waals surface area contributed by atoms with Crippen LogP contribution in [-0.4, -0.2) is 73.4 Å². The number of unbranched alkanes of at least 4 members (excludes halogenated alkanes) is 40. The van der Waals surface area contributed by atoms with Crippen LogP contribution < -0.4 is 5.32 Å². The molecule has 0 radical (unpaired) electrons. The van der Waals surface area contributed by atoms with Crippen LogP contribution in [0, 0.1) is 0 Å². The molecule has 0 aromatic heterocycles. The summed E-state index contributed by atoms with van der Waals surface area (Å²) in [6.07, 6.45) is 94.0. The number of quaternary nitrogens is 1. The van der Waals surface area contributed by atoms with E-state index in [1.807, 2.05) is 21.1 Å². The molecular formula is C76H142N2O6P+. The second-order valence-corrected chi connectivity index (χ2v) is 27.4. The second kappa shape index (κ2) is 66.1. The predicted octanol–water partition coefficient (Wildman–Crippen LogP) is 23.5. The molecule has 496 valence electrons. The Labute approximate surface area is 528 Å². The van der Waals surface area contributed by atoms with Crippen LogP contribution in [0.4, 0.5) is 0 Å². The average molecular weight is 1210 g/mol. The number of aliphatic hydroxyl groups is 1. The molecule has 9 heteroatoms. The van der Waals surface area contributed by atoms with Crippen LogP contribution >= 0.6 is 7.82 Å². The lowest BCUT2D eigenvalue weighted by molar-refractivity contribution is -0.870. The molecule has 0 bridgehead atoms. The number of allylic oxidation sites excluding steroid dienone is 14. The third-order valence-electron chi connectivity index (χ3n) is 16.4. The average Bonchev–Trinajstić information content (AvgIpc) is 3.49. The number of phosphoric ester groups is 1. The molecule has 3 N–H and O–H groups in total. The highest BCUT2D eigenvalue weighted by molar-refractivity contribution is 7.47. The topological polar surface area (TPSA) is 105 Å². The third-order valence-corrected chi connectivity index (χ3v) is 17.4. The van der Waals surface area contributed by atoms with E-state index in [1.54, 1.807) is 0 Å². The largest absolute Gasteiger partial charge is 0.472 e. The van der Waals surface area contributed by atoms with Gasteiger partial charge in [-0.25, -0.2) is 4.57 Å². The Kier molecular flexibility index (Phi) is 64.3. The van der Waals surface area contributed by atoms with E-state index in [9.17, 15) is 19.4 Å². The SMILES string of the molecule is CC/C=C\C/C=C\C/C=C\C/C=C\C/C=C\C/C=C\C/C=C\CCCCCCCCCCCCCC(=O)NC(COP(=O)(O)OCC[N+](C)(C)C)C(O)CCCCCCCCCCCCCCCCCCCCCCCCCCCCCCCC. The lowest BCUT2D eigenvalue weighted by atomic mass is 10.0. The summed E-state index contributed by atoms with van der Waals surface area (Å²) in [7, 11) is 1.62. The first-order valence-electron chi connectivity index (χ1n) is 36.5. The van der Waals surface area contributed by atoms with Crippen molar-refractivity contribution in [3.63, 3.8) is 0 Å². The molecule has 0 rings (SSSR count). The Morgan fingerprint density at radius 1 is 0.412 bits per heavy atom. The Morgan fingerprint density at radius 2 is 0.706 bits per heavy atom. The van der Waals surface area contributed by atoms with Crippen molar-refractivity contribution in [3.05, 3.63) is 85.1 Å². The number of nitrogens with zero attached hydrogens (tertiary/aromatic N) is 1. The molecule has 0 aliphatic rings. The number of amides is 1. The summed E-state index contributed by atoms with van der Waals surface area (Å²) in [5, 5.41) is 14.2. The van der Waals surface area contributed by atoms with E-state index < -0.39 is 20.0 Å². The van der Waals surface area contributed by atoms with Crippen molar-refractivity contribution >= 4 is 13.7 Å². The van der Waals surface area contributed by atoms with Gasteiger partial charge < -0.3 is 19.8 Å².